The van der Waals surface area contributed by atoms with Gasteiger partial charge in [-0.15, -0.1) is 0 Å². The third-order valence-electron chi connectivity index (χ3n) is 2.72. The quantitative estimate of drug-likeness (QED) is 0.645. The van der Waals surface area contributed by atoms with Crippen molar-refractivity contribution in [3.05, 3.63) is 39.2 Å². The van der Waals surface area contributed by atoms with E-state index in [1.54, 1.807) is 0 Å². The lowest BCUT2D eigenvalue weighted by Crippen LogP contribution is -2.16. The van der Waals surface area contributed by atoms with Crippen LogP contribution in [0.15, 0.2) is 16.9 Å². The molecule has 0 radical (unpaired) electrons. The number of carbonyl (C=O) groups is 1. The van der Waals surface area contributed by atoms with Gasteiger partial charge < -0.3 is 15.8 Å². The molecule has 0 amide bonds. The molecule has 4 N–H and O–H groups in total. The van der Waals surface area contributed by atoms with E-state index in [1.165, 1.54) is 19.1 Å². The fourth-order valence-corrected chi connectivity index (χ4v) is 1.80. The van der Waals surface area contributed by atoms with Crippen LogP contribution >= 0.6 is 0 Å². The molecule has 0 aliphatic carbocycles. The van der Waals surface area contributed by atoms with E-state index in [2.05, 4.69) is 4.98 Å². The molecule has 1 heterocycles. The fourth-order valence-electron chi connectivity index (χ4n) is 1.80. The van der Waals surface area contributed by atoms with Gasteiger partial charge in [-0.05, 0) is 19.1 Å². The van der Waals surface area contributed by atoms with Crippen molar-refractivity contribution >= 4 is 22.6 Å². The molecule has 0 unspecified atom stereocenters. The topological polar surface area (TPSA) is 120 Å². The zero-order valence-electron chi connectivity index (χ0n) is 9.44. The average molecular weight is 243 g/mol. The van der Waals surface area contributed by atoms with Crippen LogP contribution in [-0.4, -0.2) is 16.1 Å². The van der Waals surface area contributed by atoms with Gasteiger partial charge in [-0.1, -0.05) is 0 Å². The molecule has 0 fully saturated rings. The molecule has 0 saturated heterocycles. The van der Waals surface area contributed by atoms with E-state index in [4.69, 9.17) is 16.1 Å². The smallest absolute Gasteiger partial charge is 0.352 e. The predicted octanol–water partition coefficient (Wildman–Crippen LogP) is 0.989. The van der Waals surface area contributed by atoms with Crippen molar-refractivity contribution in [2.24, 2.45) is 0 Å². The summed E-state index contributed by atoms with van der Waals surface area (Å²) in [6.07, 6.45) is 0. The monoisotopic (exact) mass is 243 g/mol. The van der Waals surface area contributed by atoms with Crippen LogP contribution in [0.2, 0.25) is 0 Å². The molecule has 2 aromatic rings. The normalized spacial score (nSPS) is 10.2. The van der Waals surface area contributed by atoms with Crippen molar-refractivity contribution in [2.75, 3.05) is 5.73 Å². The molecule has 1 aromatic heterocycles. The Labute approximate surface area is 101 Å². The van der Waals surface area contributed by atoms with Gasteiger partial charge in [0.2, 0.25) is 0 Å². The number of H-pyrrole nitrogens is 1. The van der Waals surface area contributed by atoms with Gasteiger partial charge in [0.05, 0.1) is 22.8 Å². The number of nitrogens with one attached hydrogen (secondary N) is 1. The Balaban J connectivity index is 3.01. The van der Waals surface area contributed by atoms with Crippen LogP contribution in [0.1, 0.15) is 21.6 Å². The van der Waals surface area contributed by atoms with E-state index in [0.717, 1.165) is 0 Å². The summed E-state index contributed by atoms with van der Waals surface area (Å²) in [7, 11) is 0. The van der Waals surface area contributed by atoms with Crippen molar-refractivity contribution < 1.29 is 9.90 Å². The number of carboxylic acids is 1. The maximum absolute atomic E-state index is 12.0. The Kier molecular flexibility index (Phi) is 2.52. The highest BCUT2D eigenvalue weighted by atomic mass is 16.4. The Hall–Kier alpha value is -2.81. The summed E-state index contributed by atoms with van der Waals surface area (Å²) in [4.78, 5) is 25.6. The number of carboxylic acid groups (broad SMARTS) is 1. The van der Waals surface area contributed by atoms with Crippen LogP contribution in [0.4, 0.5) is 5.69 Å². The van der Waals surface area contributed by atoms with E-state index >= 15 is 0 Å². The van der Waals surface area contributed by atoms with Gasteiger partial charge in [0, 0.05) is 10.9 Å². The molecule has 18 heavy (non-hydrogen) atoms. The summed E-state index contributed by atoms with van der Waals surface area (Å²) >= 11 is 0. The standard InChI is InChI=1S/C12H9N3O3/c1-5-9(12(17)18)15-10-7(11(5)16)2-6(4-13)3-8(10)14/h2-3H,14H2,1H3,(H,15,16)(H,17,18). The van der Waals surface area contributed by atoms with Crippen molar-refractivity contribution in [1.82, 2.24) is 4.98 Å². The summed E-state index contributed by atoms with van der Waals surface area (Å²) in [6.45, 7) is 1.41. The molecule has 6 heteroatoms. The maximum atomic E-state index is 12.0. The number of benzene rings is 1. The van der Waals surface area contributed by atoms with Crippen molar-refractivity contribution in [1.29, 1.82) is 5.26 Å². The van der Waals surface area contributed by atoms with E-state index in [1.807, 2.05) is 6.07 Å². The Morgan fingerprint density at radius 1 is 1.50 bits per heavy atom. The molecular weight excluding hydrogens is 234 g/mol. The number of aromatic nitrogens is 1. The highest BCUT2D eigenvalue weighted by molar-refractivity contribution is 5.96. The number of fused-ring (bicyclic) bond motifs is 1. The summed E-state index contributed by atoms with van der Waals surface area (Å²) in [6, 6.07) is 4.68. The third kappa shape index (κ3) is 1.58. The first-order valence-electron chi connectivity index (χ1n) is 5.05. The van der Waals surface area contributed by atoms with Crippen LogP contribution in [0.3, 0.4) is 0 Å². The van der Waals surface area contributed by atoms with E-state index in [-0.39, 0.29) is 33.4 Å². The van der Waals surface area contributed by atoms with Crippen LogP contribution < -0.4 is 11.2 Å². The van der Waals surface area contributed by atoms with Crippen LogP contribution in [0, 0.1) is 18.3 Å². The van der Waals surface area contributed by atoms with Crippen molar-refractivity contribution in [3.8, 4) is 6.07 Å². The number of pyridine rings is 1. The summed E-state index contributed by atoms with van der Waals surface area (Å²) in [5.41, 5.74) is 5.83. The molecule has 90 valence electrons. The molecular formula is C12H9N3O3. The molecule has 0 aliphatic rings. The second kappa shape index (κ2) is 3.89. The average Bonchev–Trinajstić information content (AvgIpc) is 2.33. The number of nitrogens with two attached hydrogens (primary N) is 1. The number of rotatable bonds is 1. The van der Waals surface area contributed by atoms with Gasteiger partial charge in [0.15, 0.2) is 5.43 Å². The van der Waals surface area contributed by atoms with Crippen LogP contribution in [-0.2, 0) is 0 Å². The van der Waals surface area contributed by atoms with Gasteiger partial charge in [-0.3, -0.25) is 4.79 Å². The number of nitrogens with zero attached hydrogens (tertiary/aromatic N) is 1. The van der Waals surface area contributed by atoms with Gasteiger partial charge >= 0.3 is 5.97 Å². The molecule has 0 bridgehead atoms. The number of hydrogen-bond acceptors (Lipinski definition) is 4. The summed E-state index contributed by atoms with van der Waals surface area (Å²) < 4.78 is 0. The van der Waals surface area contributed by atoms with Crippen molar-refractivity contribution in [3.63, 3.8) is 0 Å². The van der Waals surface area contributed by atoms with Gasteiger partial charge in [0.1, 0.15) is 5.69 Å². The Morgan fingerprint density at radius 3 is 2.72 bits per heavy atom. The molecule has 0 spiro atoms. The highest BCUT2D eigenvalue weighted by Crippen LogP contribution is 2.20. The van der Waals surface area contributed by atoms with E-state index < -0.39 is 11.4 Å². The van der Waals surface area contributed by atoms with E-state index in [9.17, 15) is 9.59 Å². The summed E-state index contributed by atoms with van der Waals surface area (Å²) in [5.74, 6) is -1.23. The number of nitriles is 1. The summed E-state index contributed by atoms with van der Waals surface area (Å²) in [5, 5.41) is 18.0. The number of anilines is 1. The lowest BCUT2D eigenvalue weighted by atomic mass is 10.1. The second-order valence-electron chi connectivity index (χ2n) is 3.86. The molecule has 6 nitrogen and oxygen atoms in total. The number of aromatic amines is 1. The first-order valence-corrected chi connectivity index (χ1v) is 5.05. The van der Waals surface area contributed by atoms with Crippen LogP contribution in [0.5, 0.6) is 0 Å². The fraction of sp³-hybridized carbons (Fsp3) is 0.0833. The maximum Gasteiger partial charge on any atom is 0.352 e. The third-order valence-corrected chi connectivity index (χ3v) is 2.72. The molecule has 0 saturated carbocycles. The first-order chi connectivity index (χ1) is 8.45. The minimum Gasteiger partial charge on any atom is -0.477 e. The molecule has 0 aliphatic heterocycles. The predicted molar refractivity (Wildman–Crippen MR) is 65.4 cm³/mol. The minimum absolute atomic E-state index is 0.0875. The van der Waals surface area contributed by atoms with Gasteiger partial charge in [-0.25, -0.2) is 4.79 Å². The lowest BCUT2D eigenvalue weighted by Gasteiger charge is -2.07. The Morgan fingerprint density at radius 2 is 2.17 bits per heavy atom. The first kappa shape index (κ1) is 11.7. The van der Waals surface area contributed by atoms with Gasteiger partial charge in [-0.2, -0.15) is 5.26 Å². The number of hydrogen-bond donors (Lipinski definition) is 3. The minimum atomic E-state index is -1.23. The number of nitrogen functional groups attached to an aromatic ring is 1. The SMILES string of the molecule is Cc1c(C(=O)O)[nH]c2c(N)cc(C#N)cc2c1=O. The van der Waals surface area contributed by atoms with E-state index in [0.29, 0.717) is 0 Å². The number of aromatic carboxylic acids is 1. The molecule has 1 aromatic carbocycles. The molecule has 2 rings (SSSR count). The molecule has 0 atom stereocenters. The van der Waals surface area contributed by atoms with Gasteiger partial charge in [0.25, 0.3) is 0 Å². The highest BCUT2D eigenvalue weighted by Gasteiger charge is 2.15. The second-order valence-corrected chi connectivity index (χ2v) is 3.86. The van der Waals surface area contributed by atoms with Crippen LogP contribution in [0.25, 0.3) is 10.9 Å². The lowest BCUT2D eigenvalue weighted by molar-refractivity contribution is 0.0690. The zero-order chi connectivity index (χ0) is 13.4. The largest absolute Gasteiger partial charge is 0.477 e. The zero-order valence-corrected chi connectivity index (χ0v) is 9.44. The van der Waals surface area contributed by atoms with Crippen molar-refractivity contribution in [2.45, 2.75) is 6.92 Å². The Bertz CT molecular complexity index is 769.